The number of anilines is 1. The van der Waals surface area contributed by atoms with Gasteiger partial charge in [0.15, 0.2) is 0 Å². The van der Waals surface area contributed by atoms with Gasteiger partial charge in [0, 0.05) is 0 Å². The molecule has 0 bridgehead atoms. The first kappa shape index (κ1) is 14.5. The van der Waals surface area contributed by atoms with E-state index in [2.05, 4.69) is 10.4 Å². The Bertz CT molecular complexity index is 436. The van der Waals surface area contributed by atoms with Crippen LogP contribution in [0.4, 0.5) is 5.69 Å². The highest BCUT2D eigenvalue weighted by Gasteiger charge is 2.23. The maximum atomic E-state index is 11.9. The highest BCUT2D eigenvalue weighted by molar-refractivity contribution is 5.76. The standard InChI is InChI=1S/C12H22N4O2/c1-5-12(4,7-17)14-10(18)6-16-9(3)11(13)8(2)15-16/h17H,5-7,13H2,1-4H3,(H,14,18). The molecule has 1 aromatic heterocycles. The van der Waals surface area contributed by atoms with Gasteiger partial charge in [0.1, 0.15) is 6.54 Å². The lowest BCUT2D eigenvalue weighted by Crippen LogP contribution is -2.49. The summed E-state index contributed by atoms with van der Waals surface area (Å²) in [5.74, 6) is -0.181. The van der Waals surface area contributed by atoms with Gasteiger partial charge in [-0.3, -0.25) is 9.48 Å². The molecule has 6 nitrogen and oxygen atoms in total. The molecule has 1 heterocycles. The van der Waals surface area contributed by atoms with Crippen LogP contribution in [0.1, 0.15) is 31.7 Å². The van der Waals surface area contributed by atoms with Gasteiger partial charge in [-0.2, -0.15) is 5.10 Å². The number of carbonyl (C=O) groups excluding carboxylic acids is 1. The van der Waals surface area contributed by atoms with E-state index in [1.165, 1.54) is 0 Å². The number of nitrogens with one attached hydrogen (secondary N) is 1. The highest BCUT2D eigenvalue weighted by Crippen LogP contribution is 2.14. The van der Waals surface area contributed by atoms with E-state index < -0.39 is 5.54 Å². The largest absolute Gasteiger partial charge is 0.396 e. The third-order valence-electron chi connectivity index (χ3n) is 3.30. The molecule has 0 spiro atoms. The van der Waals surface area contributed by atoms with Crippen molar-refractivity contribution in [2.45, 2.75) is 46.2 Å². The van der Waals surface area contributed by atoms with E-state index in [9.17, 15) is 9.90 Å². The summed E-state index contributed by atoms with van der Waals surface area (Å²) < 4.78 is 1.58. The number of hydrogen-bond donors (Lipinski definition) is 3. The van der Waals surface area contributed by atoms with Crippen molar-refractivity contribution in [1.29, 1.82) is 0 Å². The lowest BCUT2D eigenvalue weighted by molar-refractivity contribution is -0.124. The van der Waals surface area contributed by atoms with Crippen molar-refractivity contribution in [2.75, 3.05) is 12.3 Å². The van der Waals surface area contributed by atoms with E-state index in [0.29, 0.717) is 12.1 Å². The summed E-state index contributed by atoms with van der Waals surface area (Å²) in [6.07, 6.45) is 0.661. The van der Waals surface area contributed by atoms with Gasteiger partial charge >= 0.3 is 0 Å². The summed E-state index contributed by atoms with van der Waals surface area (Å²) in [7, 11) is 0. The van der Waals surface area contributed by atoms with Crippen molar-refractivity contribution >= 4 is 11.6 Å². The minimum atomic E-state index is -0.585. The van der Waals surface area contributed by atoms with E-state index in [-0.39, 0.29) is 19.1 Å². The smallest absolute Gasteiger partial charge is 0.242 e. The van der Waals surface area contributed by atoms with Crippen LogP contribution in [0.5, 0.6) is 0 Å². The second-order valence-electron chi connectivity index (χ2n) is 4.86. The fraction of sp³-hybridized carbons (Fsp3) is 0.667. The predicted molar refractivity (Wildman–Crippen MR) is 70.0 cm³/mol. The lowest BCUT2D eigenvalue weighted by atomic mass is 10.0. The zero-order chi connectivity index (χ0) is 13.9. The molecule has 1 amide bonds. The number of rotatable bonds is 5. The average molecular weight is 254 g/mol. The molecule has 1 unspecified atom stereocenters. The Hall–Kier alpha value is -1.56. The zero-order valence-electron chi connectivity index (χ0n) is 11.4. The summed E-state index contributed by atoms with van der Waals surface area (Å²) in [4.78, 5) is 11.9. The van der Waals surface area contributed by atoms with Crippen molar-refractivity contribution in [3.8, 4) is 0 Å². The van der Waals surface area contributed by atoms with Gasteiger partial charge in [-0.25, -0.2) is 0 Å². The van der Waals surface area contributed by atoms with Crippen LogP contribution in [0.3, 0.4) is 0 Å². The molecule has 0 aliphatic heterocycles. The SMILES string of the molecule is CCC(C)(CO)NC(=O)Cn1nc(C)c(N)c1C. The van der Waals surface area contributed by atoms with Crippen LogP contribution < -0.4 is 11.1 Å². The van der Waals surface area contributed by atoms with Gasteiger partial charge in [-0.15, -0.1) is 0 Å². The Morgan fingerprint density at radius 2 is 2.17 bits per heavy atom. The molecule has 1 aromatic rings. The Morgan fingerprint density at radius 3 is 2.56 bits per heavy atom. The summed E-state index contributed by atoms with van der Waals surface area (Å²) in [6.45, 7) is 7.38. The number of aliphatic hydroxyl groups excluding tert-OH is 1. The molecule has 0 aliphatic carbocycles. The third-order valence-corrected chi connectivity index (χ3v) is 3.30. The van der Waals surface area contributed by atoms with Crippen LogP contribution in [-0.4, -0.2) is 32.9 Å². The molecule has 1 atom stereocenters. The molecule has 6 heteroatoms. The maximum Gasteiger partial charge on any atom is 0.242 e. The second kappa shape index (κ2) is 5.39. The molecule has 1 rings (SSSR count). The van der Waals surface area contributed by atoms with Crippen molar-refractivity contribution in [3.05, 3.63) is 11.4 Å². The third kappa shape index (κ3) is 3.01. The maximum absolute atomic E-state index is 11.9. The molecule has 0 radical (unpaired) electrons. The van der Waals surface area contributed by atoms with E-state index in [1.807, 2.05) is 13.8 Å². The molecular weight excluding hydrogens is 232 g/mol. The first-order chi connectivity index (χ1) is 8.33. The second-order valence-corrected chi connectivity index (χ2v) is 4.86. The zero-order valence-corrected chi connectivity index (χ0v) is 11.4. The van der Waals surface area contributed by atoms with Crippen LogP contribution in [-0.2, 0) is 11.3 Å². The topological polar surface area (TPSA) is 93.2 Å². The van der Waals surface area contributed by atoms with Crippen LogP contribution >= 0.6 is 0 Å². The van der Waals surface area contributed by atoms with Crippen LogP contribution in [0.15, 0.2) is 0 Å². The number of aromatic nitrogens is 2. The van der Waals surface area contributed by atoms with Gasteiger partial charge in [-0.05, 0) is 27.2 Å². The number of hydrogen-bond acceptors (Lipinski definition) is 4. The first-order valence-corrected chi connectivity index (χ1v) is 6.04. The van der Waals surface area contributed by atoms with Crippen molar-refractivity contribution in [3.63, 3.8) is 0 Å². The van der Waals surface area contributed by atoms with Crippen LogP contribution in [0.25, 0.3) is 0 Å². The van der Waals surface area contributed by atoms with Gasteiger partial charge in [0.2, 0.25) is 5.91 Å². The summed E-state index contributed by atoms with van der Waals surface area (Å²) in [5, 5.41) is 16.3. The van der Waals surface area contributed by atoms with Gasteiger partial charge in [-0.1, -0.05) is 6.92 Å². The molecule has 102 valence electrons. The van der Waals surface area contributed by atoms with E-state index in [4.69, 9.17) is 5.73 Å². The average Bonchev–Trinajstić information content (AvgIpc) is 2.56. The molecule has 0 saturated carbocycles. The highest BCUT2D eigenvalue weighted by atomic mass is 16.3. The number of aryl methyl sites for hydroxylation is 1. The monoisotopic (exact) mass is 254 g/mol. The molecular formula is C12H22N4O2. The molecule has 0 aromatic carbocycles. The minimum absolute atomic E-state index is 0.0888. The van der Waals surface area contributed by atoms with Gasteiger partial charge in [0.25, 0.3) is 0 Å². The number of aliphatic hydroxyl groups is 1. The van der Waals surface area contributed by atoms with Crippen molar-refractivity contribution in [1.82, 2.24) is 15.1 Å². The summed E-state index contributed by atoms with van der Waals surface area (Å²) in [5.41, 5.74) is 7.34. The summed E-state index contributed by atoms with van der Waals surface area (Å²) in [6, 6.07) is 0. The van der Waals surface area contributed by atoms with Crippen molar-refractivity contribution in [2.24, 2.45) is 0 Å². The normalized spacial score (nSPS) is 14.3. The van der Waals surface area contributed by atoms with E-state index in [1.54, 1.807) is 18.5 Å². The first-order valence-electron chi connectivity index (χ1n) is 6.04. The Labute approximate surface area is 107 Å². The van der Waals surface area contributed by atoms with Gasteiger partial charge < -0.3 is 16.2 Å². The Kier molecular flexibility index (Phi) is 4.34. The molecule has 0 saturated heterocycles. The Morgan fingerprint density at radius 1 is 1.56 bits per heavy atom. The van der Waals surface area contributed by atoms with Crippen molar-refractivity contribution < 1.29 is 9.90 Å². The fourth-order valence-corrected chi connectivity index (χ4v) is 1.62. The quantitative estimate of drug-likeness (QED) is 0.707. The molecule has 18 heavy (non-hydrogen) atoms. The van der Waals surface area contributed by atoms with Crippen LogP contribution in [0, 0.1) is 13.8 Å². The predicted octanol–water partition coefficient (Wildman–Crippen LogP) is 0.359. The van der Waals surface area contributed by atoms with E-state index >= 15 is 0 Å². The van der Waals surface area contributed by atoms with Crippen LogP contribution in [0.2, 0.25) is 0 Å². The lowest BCUT2D eigenvalue weighted by Gasteiger charge is -2.27. The number of carbonyl (C=O) groups is 1. The molecule has 0 aliphatic rings. The number of amides is 1. The van der Waals surface area contributed by atoms with E-state index in [0.717, 1.165) is 11.4 Å². The Balaban J connectivity index is 2.73. The summed E-state index contributed by atoms with van der Waals surface area (Å²) >= 11 is 0. The number of nitrogens with zero attached hydrogens (tertiary/aromatic N) is 2. The fourth-order valence-electron chi connectivity index (χ4n) is 1.62. The molecule has 0 fully saturated rings. The number of nitrogen functional groups attached to an aromatic ring is 1. The van der Waals surface area contributed by atoms with Gasteiger partial charge in [0.05, 0.1) is 29.2 Å². The minimum Gasteiger partial charge on any atom is -0.396 e. The molecule has 4 N–H and O–H groups in total. The number of nitrogens with two attached hydrogens (primary N) is 1.